The zero-order valence-corrected chi connectivity index (χ0v) is 37.9. The van der Waals surface area contributed by atoms with Gasteiger partial charge in [-0.15, -0.1) is 0 Å². The summed E-state index contributed by atoms with van der Waals surface area (Å²) in [6, 6.07) is 0. The smallest absolute Gasteiger partial charge is 0.132 e. The van der Waals surface area contributed by atoms with Crippen molar-refractivity contribution >= 4 is 27.9 Å². The number of phenols is 1. The fraction of sp³-hybridized carbons (Fsp3) is 0.536. The van der Waals surface area contributed by atoms with E-state index in [1.165, 1.54) is 96.3 Å². The molecule has 1 aromatic carbocycles. The van der Waals surface area contributed by atoms with E-state index in [1.807, 2.05) is 30.4 Å². The lowest BCUT2D eigenvalue weighted by molar-refractivity contribution is 0.471. The number of benzene rings is 1. The highest BCUT2D eigenvalue weighted by Gasteiger charge is 2.29. The van der Waals surface area contributed by atoms with Gasteiger partial charge >= 0.3 is 0 Å². The Bertz CT molecular complexity index is 1400. The molecule has 1 aromatic rings. The van der Waals surface area contributed by atoms with Crippen molar-refractivity contribution in [2.45, 2.75) is 195 Å². The molecule has 0 aliphatic rings. The molecule has 0 aromatic heterocycles. The maximum Gasteiger partial charge on any atom is 0.132 e. The molecule has 0 amide bonds. The first kappa shape index (κ1) is 51.4. The summed E-state index contributed by atoms with van der Waals surface area (Å²) in [4.78, 5) is 0. The Morgan fingerprint density at radius 3 is 0.702 bits per heavy atom. The third-order valence-corrected chi connectivity index (χ3v) is 11.1. The lowest BCUT2D eigenvalue weighted by Gasteiger charge is -2.28. The van der Waals surface area contributed by atoms with Crippen LogP contribution < -0.4 is 0 Å². The Hall–Kier alpha value is -3.58. The maximum absolute atomic E-state index is 13.1. The van der Waals surface area contributed by atoms with Crippen LogP contribution in [0.4, 0.5) is 0 Å². The van der Waals surface area contributed by atoms with Crippen molar-refractivity contribution in [1.29, 1.82) is 0 Å². The second kappa shape index (κ2) is 33.4. The molecule has 0 aliphatic carbocycles. The van der Waals surface area contributed by atoms with Gasteiger partial charge < -0.3 is 5.11 Å². The zero-order chi connectivity index (χ0) is 42.1. The van der Waals surface area contributed by atoms with Crippen molar-refractivity contribution in [3.05, 3.63) is 121 Å². The summed E-state index contributed by atoms with van der Waals surface area (Å²) in [5.74, 6) is 0.284. The summed E-state index contributed by atoms with van der Waals surface area (Å²) in [6.07, 6.45) is 50.1. The minimum atomic E-state index is 0.284. The molecule has 0 aliphatic heterocycles. The van der Waals surface area contributed by atoms with Crippen LogP contribution in [0.3, 0.4) is 0 Å². The number of hydrogen-bond acceptors (Lipinski definition) is 1. The lowest BCUT2D eigenvalue weighted by atomic mass is 9.76. The van der Waals surface area contributed by atoms with E-state index in [2.05, 4.69) is 97.9 Å². The molecule has 0 saturated heterocycles. The van der Waals surface area contributed by atoms with Crippen molar-refractivity contribution in [1.82, 2.24) is 0 Å². The van der Waals surface area contributed by atoms with Crippen LogP contribution >= 0.6 is 0 Å². The van der Waals surface area contributed by atoms with E-state index in [0.717, 1.165) is 120 Å². The van der Waals surface area contributed by atoms with Crippen LogP contribution in [-0.4, -0.2) is 5.11 Å². The summed E-state index contributed by atoms with van der Waals surface area (Å²) in [6.45, 7) is 33.4. The molecular formula is C56H86O. The largest absolute Gasteiger partial charge is 0.507 e. The monoisotopic (exact) mass is 775 g/mol. The number of phenolic OH excluding ortho intramolecular Hbond substituents is 1. The fourth-order valence-electron chi connectivity index (χ4n) is 7.75. The van der Waals surface area contributed by atoms with Gasteiger partial charge in [0.05, 0.1) is 0 Å². The van der Waals surface area contributed by atoms with Gasteiger partial charge in [-0.25, -0.2) is 0 Å². The normalized spacial score (nSPS) is 12.9. The van der Waals surface area contributed by atoms with Crippen molar-refractivity contribution < 1.29 is 5.11 Å². The van der Waals surface area contributed by atoms with Gasteiger partial charge in [-0.2, -0.15) is 0 Å². The van der Waals surface area contributed by atoms with Gasteiger partial charge in [-0.05, 0) is 97.6 Å². The average molecular weight is 775 g/mol. The second-order valence-corrected chi connectivity index (χ2v) is 15.8. The summed E-state index contributed by atoms with van der Waals surface area (Å²) in [7, 11) is 0. The summed E-state index contributed by atoms with van der Waals surface area (Å²) in [5.41, 5.74) is 9.91. The number of unbranched alkanes of at least 4 members (excludes halogenated alkanes) is 20. The van der Waals surface area contributed by atoms with E-state index in [1.54, 1.807) is 0 Å². The summed E-state index contributed by atoms with van der Waals surface area (Å²) in [5, 5.41) is 13.1. The van der Waals surface area contributed by atoms with Gasteiger partial charge in [0.2, 0.25) is 0 Å². The first-order valence-electron chi connectivity index (χ1n) is 23.5. The topological polar surface area (TPSA) is 20.2 Å². The van der Waals surface area contributed by atoms with Crippen LogP contribution in [-0.2, 0) is 0 Å². The Morgan fingerprint density at radius 2 is 0.509 bits per heavy atom. The maximum atomic E-state index is 13.1. The van der Waals surface area contributed by atoms with Crippen LogP contribution in [0.2, 0.25) is 0 Å². The van der Waals surface area contributed by atoms with Crippen LogP contribution in [0.1, 0.15) is 223 Å². The highest BCUT2D eigenvalue weighted by molar-refractivity contribution is 6.05. The Morgan fingerprint density at radius 1 is 0.316 bits per heavy atom. The predicted molar refractivity (Wildman–Crippen MR) is 263 cm³/mol. The standard InChI is InChI=1S/C56H86O/c1-11-21-26-31-36-41-46(16-6)51-52(47(17-7)42-37-32-27-22-12-2)54(49(19-9)44-39-34-29-24-14-4)56(57)55(50(20-10)45-40-35-30-25-15-5)53(51)48(18-8)43-38-33-28-23-13-3/h16-20,41-45,57H,6-15,21-40H2,1-5H3/b46-41-,47-42-,48-43-,49-44-,50-45-. The molecule has 0 atom stereocenters. The predicted octanol–water partition coefficient (Wildman–Crippen LogP) is 19.1. The number of allylic oxidation sites excluding steroid dienone is 15. The lowest BCUT2D eigenvalue weighted by Crippen LogP contribution is -2.08. The Labute approximate surface area is 354 Å². The molecule has 1 nitrogen and oxygen atoms in total. The van der Waals surface area contributed by atoms with E-state index in [0.29, 0.717) is 0 Å². The van der Waals surface area contributed by atoms with Gasteiger partial charge in [0.15, 0.2) is 0 Å². The van der Waals surface area contributed by atoms with E-state index in [9.17, 15) is 5.11 Å². The molecule has 0 radical (unpaired) electrons. The van der Waals surface area contributed by atoms with Crippen LogP contribution in [0, 0.1) is 0 Å². The molecule has 1 heteroatoms. The molecule has 1 rings (SSSR count). The molecule has 0 fully saturated rings. The number of aromatic hydroxyl groups is 1. The minimum absolute atomic E-state index is 0.284. The Balaban J connectivity index is 4.74. The third-order valence-electron chi connectivity index (χ3n) is 11.1. The first-order valence-corrected chi connectivity index (χ1v) is 23.5. The molecular weight excluding hydrogens is 689 g/mol. The quantitative estimate of drug-likeness (QED) is 0.0538. The third kappa shape index (κ3) is 18.3. The molecule has 0 unspecified atom stereocenters. The van der Waals surface area contributed by atoms with Crippen molar-refractivity contribution in [2.75, 3.05) is 0 Å². The first-order chi connectivity index (χ1) is 27.9. The van der Waals surface area contributed by atoms with Crippen LogP contribution in [0.25, 0.3) is 27.9 Å². The van der Waals surface area contributed by atoms with E-state index >= 15 is 0 Å². The number of rotatable bonds is 35. The molecule has 0 spiro atoms. The molecule has 0 saturated carbocycles. The SMILES string of the molecule is C=C/C(=C/CCCCCC)c1c(O)c(/C(C=C)=C\CCCCCC)c(/C(C=C)=C\CCCCCC)c(/C(C=C)=C\CCCCCC)c1/C(C=C)=C\CCCCCC. The van der Waals surface area contributed by atoms with Crippen LogP contribution in [0.5, 0.6) is 5.75 Å². The highest BCUT2D eigenvalue weighted by Crippen LogP contribution is 2.49. The molecule has 0 heterocycles. The van der Waals surface area contributed by atoms with Gasteiger partial charge in [0, 0.05) is 22.3 Å². The van der Waals surface area contributed by atoms with E-state index in [-0.39, 0.29) is 5.75 Å². The minimum Gasteiger partial charge on any atom is -0.507 e. The zero-order valence-electron chi connectivity index (χ0n) is 37.9. The second-order valence-electron chi connectivity index (χ2n) is 15.8. The van der Waals surface area contributed by atoms with Gasteiger partial charge in [0.1, 0.15) is 5.75 Å². The van der Waals surface area contributed by atoms with Gasteiger partial charge in [-0.1, -0.05) is 225 Å². The number of hydrogen-bond donors (Lipinski definition) is 1. The Kier molecular flexibility index (Phi) is 30.1. The average Bonchev–Trinajstić information content (AvgIpc) is 3.22. The van der Waals surface area contributed by atoms with Crippen LogP contribution in [0.15, 0.2) is 93.7 Å². The van der Waals surface area contributed by atoms with Gasteiger partial charge in [-0.3, -0.25) is 0 Å². The van der Waals surface area contributed by atoms with E-state index < -0.39 is 0 Å². The van der Waals surface area contributed by atoms with E-state index in [4.69, 9.17) is 0 Å². The van der Waals surface area contributed by atoms with Crippen molar-refractivity contribution in [2.24, 2.45) is 0 Å². The summed E-state index contributed by atoms with van der Waals surface area (Å²) >= 11 is 0. The molecule has 57 heavy (non-hydrogen) atoms. The highest BCUT2D eigenvalue weighted by atomic mass is 16.3. The molecule has 316 valence electrons. The molecule has 1 N–H and O–H groups in total. The van der Waals surface area contributed by atoms with Crippen molar-refractivity contribution in [3.63, 3.8) is 0 Å². The van der Waals surface area contributed by atoms with Crippen molar-refractivity contribution in [3.8, 4) is 5.75 Å². The summed E-state index contributed by atoms with van der Waals surface area (Å²) < 4.78 is 0. The van der Waals surface area contributed by atoms with Gasteiger partial charge in [0.25, 0.3) is 0 Å². The fourth-order valence-corrected chi connectivity index (χ4v) is 7.75. The molecule has 0 bridgehead atoms.